The zero-order valence-electron chi connectivity index (χ0n) is 11.4. The number of nitrogens with zero attached hydrogens (tertiary/aromatic N) is 1. The molecule has 0 amide bonds. The van der Waals surface area contributed by atoms with E-state index in [1.807, 2.05) is 0 Å². The molecule has 20 heavy (non-hydrogen) atoms. The van der Waals surface area contributed by atoms with Crippen molar-refractivity contribution in [1.29, 1.82) is 0 Å². The largest absolute Gasteiger partial charge is 0.491 e. The van der Waals surface area contributed by atoms with Crippen LogP contribution < -0.4 is 15.8 Å². The minimum atomic E-state index is -0.270. The summed E-state index contributed by atoms with van der Waals surface area (Å²) in [4.78, 5) is 4.44. The number of guanidine groups is 1. The Hall–Kier alpha value is -1.78. The molecule has 3 rings (SSSR count). The van der Waals surface area contributed by atoms with Crippen molar-refractivity contribution < 1.29 is 9.13 Å². The first-order chi connectivity index (χ1) is 9.72. The van der Waals surface area contributed by atoms with Crippen LogP contribution in [0.25, 0.3) is 0 Å². The van der Waals surface area contributed by atoms with Crippen molar-refractivity contribution in [2.75, 3.05) is 6.61 Å². The molecule has 1 fully saturated rings. The fourth-order valence-electron chi connectivity index (χ4n) is 2.94. The van der Waals surface area contributed by atoms with E-state index >= 15 is 0 Å². The van der Waals surface area contributed by atoms with Crippen LogP contribution in [0.15, 0.2) is 23.2 Å². The van der Waals surface area contributed by atoms with Gasteiger partial charge >= 0.3 is 0 Å². The third kappa shape index (κ3) is 2.86. The second-order valence-electron chi connectivity index (χ2n) is 5.50. The Balaban J connectivity index is 1.68. The number of aliphatic imine (C=N–C) groups is 1. The second-order valence-corrected chi connectivity index (χ2v) is 5.50. The molecule has 0 saturated heterocycles. The van der Waals surface area contributed by atoms with Crippen LogP contribution in [0, 0.1) is 5.82 Å². The van der Waals surface area contributed by atoms with Crippen molar-refractivity contribution in [3.63, 3.8) is 0 Å². The fourth-order valence-corrected chi connectivity index (χ4v) is 2.94. The summed E-state index contributed by atoms with van der Waals surface area (Å²) in [6.45, 7) is 0.422. The van der Waals surface area contributed by atoms with Crippen LogP contribution in [0.2, 0.25) is 0 Å². The first-order valence-corrected chi connectivity index (χ1v) is 7.24. The average molecular weight is 277 g/mol. The highest BCUT2D eigenvalue weighted by Gasteiger charge is 2.25. The number of rotatable bonds is 2. The molecule has 1 aliphatic carbocycles. The van der Waals surface area contributed by atoms with E-state index in [2.05, 4.69) is 10.3 Å². The summed E-state index contributed by atoms with van der Waals surface area (Å²) < 4.78 is 18.8. The van der Waals surface area contributed by atoms with Crippen LogP contribution >= 0.6 is 0 Å². The molecular weight excluding hydrogens is 257 g/mol. The first-order valence-electron chi connectivity index (χ1n) is 7.24. The molecular formula is C15H20FN3O. The van der Waals surface area contributed by atoms with Gasteiger partial charge in [-0.3, -0.25) is 0 Å². The highest BCUT2D eigenvalue weighted by molar-refractivity contribution is 5.78. The van der Waals surface area contributed by atoms with E-state index in [0.717, 1.165) is 18.4 Å². The Morgan fingerprint density at radius 3 is 2.90 bits per heavy atom. The monoisotopic (exact) mass is 277 g/mol. The van der Waals surface area contributed by atoms with E-state index < -0.39 is 0 Å². The van der Waals surface area contributed by atoms with Crippen molar-refractivity contribution in [2.24, 2.45) is 10.7 Å². The summed E-state index contributed by atoms with van der Waals surface area (Å²) >= 11 is 0. The van der Waals surface area contributed by atoms with Crippen LogP contribution in [0.4, 0.5) is 4.39 Å². The Morgan fingerprint density at radius 1 is 1.30 bits per heavy atom. The van der Waals surface area contributed by atoms with Gasteiger partial charge in [-0.25, -0.2) is 9.38 Å². The fraction of sp³-hybridized carbons (Fsp3) is 0.533. The van der Waals surface area contributed by atoms with Gasteiger partial charge in [0.1, 0.15) is 24.2 Å². The number of hydrogen-bond acceptors (Lipinski definition) is 2. The molecule has 0 bridgehead atoms. The maximum absolute atomic E-state index is 13.3. The normalized spacial score (nSPS) is 23.2. The predicted molar refractivity (Wildman–Crippen MR) is 76.3 cm³/mol. The molecule has 3 N–H and O–H groups in total. The van der Waals surface area contributed by atoms with Gasteiger partial charge in [0, 0.05) is 11.6 Å². The molecule has 1 saturated carbocycles. The summed E-state index contributed by atoms with van der Waals surface area (Å²) in [7, 11) is 0. The predicted octanol–water partition coefficient (Wildman–Crippen LogP) is 2.50. The third-order valence-electron chi connectivity index (χ3n) is 3.98. The number of halogens is 1. The molecule has 0 radical (unpaired) electrons. The first kappa shape index (κ1) is 13.2. The standard InChI is InChI=1S/C15H20FN3O/c16-10-6-7-14-12(8-10)13(9-20-14)19-15(17)18-11-4-2-1-3-5-11/h6-8,11,13H,1-5,9H2,(H3,17,18,19). The zero-order chi connectivity index (χ0) is 13.9. The van der Waals surface area contributed by atoms with Gasteiger partial charge in [-0.1, -0.05) is 19.3 Å². The molecule has 0 aromatic heterocycles. The molecule has 4 nitrogen and oxygen atoms in total. The van der Waals surface area contributed by atoms with E-state index in [9.17, 15) is 4.39 Å². The Kier molecular flexibility index (Phi) is 3.76. The van der Waals surface area contributed by atoms with E-state index in [0.29, 0.717) is 24.4 Å². The number of nitrogens with two attached hydrogens (primary N) is 1. The van der Waals surface area contributed by atoms with Gasteiger partial charge in [-0.15, -0.1) is 0 Å². The molecule has 2 aliphatic rings. The molecule has 0 spiro atoms. The van der Waals surface area contributed by atoms with E-state index in [1.54, 1.807) is 6.07 Å². The van der Waals surface area contributed by atoms with Crippen LogP contribution in [0.1, 0.15) is 43.7 Å². The van der Waals surface area contributed by atoms with Crippen LogP contribution in [-0.2, 0) is 0 Å². The zero-order valence-corrected chi connectivity index (χ0v) is 11.4. The quantitative estimate of drug-likeness (QED) is 0.645. The Morgan fingerprint density at radius 2 is 2.10 bits per heavy atom. The van der Waals surface area contributed by atoms with E-state index in [-0.39, 0.29) is 11.9 Å². The lowest BCUT2D eigenvalue weighted by atomic mass is 9.96. The number of hydrogen-bond donors (Lipinski definition) is 2. The molecule has 1 atom stereocenters. The number of nitrogens with one attached hydrogen (secondary N) is 1. The van der Waals surface area contributed by atoms with Gasteiger partial charge < -0.3 is 15.8 Å². The van der Waals surface area contributed by atoms with Gasteiger partial charge in [0.2, 0.25) is 0 Å². The van der Waals surface area contributed by atoms with Gasteiger partial charge in [0.05, 0.1) is 0 Å². The van der Waals surface area contributed by atoms with Crippen molar-refractivity contribution in [3.8, 4) is 5.75 Å². The minimum absolute atomic E-state index is 0.211. The summed E-state index contributed by atoms with van der Waals surface area (Å²) in [6, 6.07) is 4.72. The van der Waals surface area contributed by atoms with Crippen LogP contribution in [-0.4, -0.2) is 18.6 Å². The molecule has 5 heteroatoms. The van der Waals surface area contributed by atoms with Crippen molar-refractivity contribution >= 4 is 5.96 Å². The highest BCUT2D eigenvalue weighted by atomic mass is 19.1. The summed E-state index contributed by atoms with van der Waals surface area (Å²) in [5, 5.41) is 3.27. The van der Waals surface area contributed by atoms with Crippen LogP contribution in [0.3, 0.4) is 0 Å². The number of fused-ring (bicyclic) bond motifs is 1. The topological polar surface area (TPSA) is 59.6 Å². The minimum Gasteiger partial charge on any atom is -0.491 e. The number of benzene rings is 1. The Labute approximate surface area is 118 Å². The van der Waals surface area contributed by atoms with Crippen LogP contribution in [0.5, 0.6) is 5.75 Å². The van der Waals surface area contributed by atoms with Crippen molar-refractivity contribution in [1.82, 2.24) is 5.32 Å². The summed E-state index contributed by atoms with van der Waals surface area (Å²) in [5.74, 6) is 0.862. The Bertz CT molecular complexity index is 512. The molecule has 1 aliphatic heterocycles. The van der Waals surface area contributed by atoms with Gasteiger partial charge in [0.25, 0.3) is 0 Å². The molecule has 1 unspecified atom stereocenters. The lowest BCUT2D eigenvalue weighted by Gasteiger charge is -2.23. The molecule has 108 valence electrons. The average Bonchev–Trinajstić information content (AvgIpc) is 2.82. The maximum atomic E-state index is 13.3. The third-order valence-corrected chi connectivity index (χ3v) is 3.98. The summed E-state index contributed by atoms with van der Waals surface area (Å²) in [6.07, 6.45) is 6.07. The summed E-state index contributed by atoms with van der Waals surface area (Å²) in [5.41, 5.74) is 6.75. The molecule has 1 aromatic carbocycles. The van der Waals surface area contributed by atoms with Crippen molar-refractivity contribution in [3.05, 3.63) is 29.6 Å². The molecule has 1 aromatic rings. The van der Waals surface area contributed by atoms with E-state index in [4.69, 9.17) is 10.5 Å². The lowest BCUT2D eigenvalue weighted by molar-refractivity contribution is 0.333. The van der Waals surface area contributed by atoms with Gasteiger partial charge in [-0.2, -0.15) is 0 Å². The SMILES string of the molecule is NC(=NC1COc2ccc(F)cc21)NC1CCCCC1. The second kappa shape index (κ2) is 5.69. The lowest BCUT2D eigenvalue weighted by Crippen LogP contribution is -2.41. The molecule has 1 heterocycles. The number of ether oxygens (including phenoxy) is 1. The van der Waals surface area contributed by atoms with Gasteiger partial charge in [0.15, 0.2) is 5.96 Å². The van der Waals surface area contributed by atoms with E-state index in [1.165, 1.54) is 31.4 Å². The highest BCUT2D eigenvalue weighted by Crippen LogP contribution is 2.34. The van der Waals surface area contributed by atoms with Gasteiger partial charge in [-0.05, 0) is 31.0 Å². The maximum Gasteiger partial charge on any atom is 0.189 e. The smallest absolute Gasteiger partial charge is 0.189 e. The van der Waals surface area contributed by atoms with Crippen molar-refractivity contribution in [2.45, 2.75) is 44.2 Å².